The van der Waals surface area contributed by atoms with Crippen molar-refractivity contribution in [2.24, 2.45) is 0 Å². The second kappa shape index (κ2) is 8.94. The van der Waals surface area contributed by atoms with Crippen LogP contribution in [0.2, 0.25) is 5.02 Å². The van der Waals surface area contributed by atoms with Crippen LogP contribution in [-0.4, -0.2) is 16.7 Å². The Morgan fingerprint density at radius 2 is 1.84 bits per heavy atom. The van der Waals surface area contributed by atoms with Crippen molar-refractivity contribution in [2.75, 3.05) is 11.1 Å². The Labute approximate surface area is 194 Å². The molecular weight excluding hydrogens is 442 g/mol. The van der Waals surface area contributed by atoms with Crippen LogP contribution in [0.15, 0.2) is 60.7 Å². The molecule has 0 aliphatic carbocycles. The van der Waals surface area contributed by atoms with E-state index >= 15 is 0 Å². The summed E-state index contributed by atoms with van der Waals surface area (Å²) in [7, 11) is 0. The summed E-state index contributed by atoms with van der Waals surface area (Å²) in [4.78, 5) is 31.2. The molecule has 5 nitrogen and oxygen atoms in total. The molecule has 0 unspecified atom stereocenters. The first-order chi connectivity index (χ1) is 15.3. The van der Waals surface area contributed by atoms with Gasteiger partial charge in [0.2, 0.25) is 0 Å². The van der Waals surface area contributed by atoms with Crippen molar-refractivity contribution in [2.45, 2.75) is 13.8 Å². The average Bonchev–Trinajstić information content (AvgIpc) is 3.10. The topological polar surface area (TPSA) is 85.1 Å². The molecule has 160 valence electrons. The van der Waals surface area contributed by atoms with Crippen LogP contribution < -0.4 is 11.1 Å². The second-order valence-electron chi connectivity index (χ2n) is 7.29. The number of pyridine rings is 1. The molecule has 4 aromatic rings. The van der Waals surface area contributed by atoms with Crippen molar-refractivity contribution in [3.63, 3.8) is 0 Å². The van der Waals surface area contributed by atoms with E-state index in [0.29, 0.717) is 42.7 Å². The summed E-state index contributed by atoms with van der Waals surface area (Å²) in [5.74, 6) is -0.516. The van der Waals surface area contributed by atoms with Crippen LogP contribution in [0.1, 0.15) is 36.9 Å². The minimum absolute atomic E-state index is 0.174. The molecule has 0 bridgehead atoms. The summed E-state index contributed by atoms with van der Waals surface area (Å²) in [5.41, 5.74) is 9.95. The highest BCUT2D eigenvalue weighted by Gasteiger charge is 2.20. The molecule has 4 rings (SSSR count). The van der Waals surface area contributed by atoms with Crippen LogP contribution in [0.4, 0.5) is 11.4 Å². The van der Waals surface area contributed by atoms with Gasteiger partial charge in [0.25, 0.3) is 5.91 Å². The molecule has 2 aromatic carbocycles. The molecule has 0 aliphatic rings. The van der Waals surface area contributed by atoms with Crippen LogP contribution in [0, 0.1) is 13.8 Å². The zero-order valence-electron chi connectivity index (χ0n) is 17.5. The fraction of sp³-hybridized carbons (Fsp3) is 0.0800. The third-order valence-corrected chi connectivity index (χ3v) is 6.65. The van der Waals surface area contributed by atoms with Gasteiger partial charge >= 0.3 is 0 Å². The van der Waals surface area contributed by atoms with E-state index in [2.05, 4.69) is 10.3 Å². The predicted octanol–water partition coefficient (Wildman–Crippen LogP) is 6.30. The van der Waals surface area contributed by atoms with Gasteiger partial charge < -0.3 is 11.1 Å². The number of amides is 1. The summed E-state index contributed by atoms with van der Waals surface area (Å²) in [6.45, 7) is 3.60. The Morgan fingerprint density at radius 3 is 2.59 bits per heavy atom. The van der Waals surface area contributed by atoms with E-state index < -0.39 is 0 Å². The van der Waals surface area contributed by atoms with Gasteiger partial charge in [-0.05, 0) is 49.2 Å². The Balaban J connectivity index is 1.65. The lowest BCUT2D eigenvalue weighted by Crippen LogP contribution is -2.12. The quantitative estimate of drug-likeness (QED) is 0.270. The maximum atomic E-state index is 12.9. The standard InChI is InChI=1S/C25H20ClN3O2S/c1-14-19(26)9-6-10-20(14)29-24(31)23-22(27)18-13-17(15(2)28-25(18)32-23)21(30)12-11-16-7-4-3-5-8-16/h3-13H,27H2,1-2H3,(H,29,31)/b12-11+. The molecule has 0 spiro atoms. The Hall–Kier alpha value is -3.48. The molecule has 0 saturated carbocycles. The Kier molecular flexibility index (Phi) is 6.08. The lowest BCUT2D eigenvalue weighted by atomic mass is 10.1. The molecule has 3 N–H and O–H groups in total. The van der Waals surface area contributed by atoms with Crippen LogP contribution in [0.3, 0.4) is 0 Å². The molecule has 0 saturated heterocycles. The summed E-state index contributed by atoms with van der Waals surface area (Å²) in [6.07, 6.45) is 3.28. The van der Waals surface area contributed by atoms with E-state index in [1.54, 1.807) is 37.3 Å². The number of aromatic nitrogens is 1. The van der Waals surface area contributed by atoms with Gasteiger partial charge in [-0.2, -0.15) is 0 Å². The van der Waals surface area contributed by atoms with Crippen molar-refractivity contribution < 1.29 is 9.59 Å². The van der Waals surface area contributed by atoms with Crippen LogP contribution >= 0.6 is 22.9 Å². The van der Waals surface area contributed by atoms with Gasteiger partial charge in [-0.15, -0.1) is 11.3 Å². The molecule has 1 amide bonds. The molecule has 2 aromatic heterocycles. The number of aryl methyl sites for hydroxylation is 1. The van der Waals surface area contributed by atoms with E-state index in [0.717, 1.165) is 11.1 Å². The van der Waals surface area contributed by atoms with Crippen LogP contribution in [0.25, 0.3) is 16.3 Å². The van der Waals surface area contributed by atoms with E-state index in [1.807, 2.05) is 37.3 Å². The molecule has 7 heteroatoms. The molecule has 0 atom stereocenters. The summed E-state index contributed by atoms with van der Waals surface area (Å²) in [6, 6.07) is 16.6. The average molecular weight is 462 g/mol. The van der Waals surface area contributed by atoms with E-state index in [-0.39, 0.29) is 11.7 Å². The van der Waals surface area contributed by atoms with Crippen molar-refractivity contribution in [1.29, 1.82) is 0 Å². The fourth-order valence-corrected chi connectivity index (χ4v) is 4.49. The fourth-order valence-electron chi connectivity index (χ4n) is 3.29. The summed E-state index contributed by atoms with van der Waals surface area (Å²) >= 11 is 7.34. The van der Waals surface area contributed by atoms with Gasteiger partial charge in [-0.1, -0.05) is 54.1 Å². The lowest BCUT2D eigenvalue weighted by Gasteiger charge is -2.08. The summed E-state index contributed by atoms with van der Waals surface area (Å²) < 4.78 is 0. The number of thiophene rings is 1. The number of hydrogen-bond acceptors (Lipinski definition) is 5. The van der Waals surface area contributed by atoms with E-state index in [9.17, 15) is 9.59 Å². The maximum absolute atomic E-state index is 12.9. The number of nitrogens with one attached hydrogen (secondary N) is 1. The normalized spacial score (nSPS) is 11.2. The number of ketones is 1. The number of carbonyl (C=O) groups excluding carboxylic acids is 2. The number of nitrogen functional groups attached to an aromatic ring is 1. The van der Waals surface area contributed by atoms with Crippen LogP contribution in [-0.2, 0) is 0 Å². The number of nitrogens with zero attached hydrogens (tertiary/aromatic N) is 1. The van der Waals surface area contributed by atoms with Gasteiger partial charge in [0.05, 0.1) is 11.4 Å². The van der Waals surface area contributed by atoms with E-state index in [4.69, 9.17) is 17.3 Å². The minimum Gasteiger partial charge on any atom is -0.397 e. The molecule has 0 radical (unpaired) electrons. The number of anilines is 2. The Bertz CT molecular complexity index is 1380. The van der Waals surface area contributed by atoms with Crippen molar-refractivity contribution in [3.05, 3.63) is 93.0 Å². The third-order valence-electron chi connectivity index (χ3n) is 5.13. The molecule has 2 heterocycles. The maximum Gasteiger partial charge on any atom is 0.267 e. The Morgan fingerprint density at radius 1 is 1.09 bits per heavy atom. The van der Waals surface area contributed by atoms with Crippen molar-refractivity contribution in [3.8, 4) is 0 Å². The summed E-state index contributed by atoms with van der Waals surface area (Å²) in [5, 5.41) is 4.01. The molecule has 32 heavy (non-hydrogen) atoms. The number of allylic oxidation sites excluding steroid dienone is 1. The van der Waals surface area contributed by atoms with Gasteiger partial charge in [-0.25, -0.2) is 4.98 Å². The third kappa shape index (κ3) is 4.28. The van der Waals surface area contributed by atoms with Crippen LogP contribution in [0.5, 0.6) is 0 Å². The first-order valence-electron chi connectivity index (χ1n) is 9.88. The smallest absolute Gasteiger partial charge is 0.267 e. The lowest BCUT2D eigenvalue weighted by molar-refractivity contribution is 0.102. The van der Waals surface area contributed by atoms with E-state index in [1.165, 1.54) is 17.4 Å². The number of halogens is 1. The first kappa shape index (κ1) is 21.7. The number of carbonyl (C=O) groups is 2. The highest BCUT2D eigenvalue weighted by Crippen LogP contribution is 2.35. The number of benzene rings is 2. The molecule has 0 fully saturated rings. The number of rotatable bonds is 5. The van der Waals surface area contributed by atoms with Gasteiger partial charge in [-0.3, -0.25) is 9.59 Å². The van der Waals surface area contributed by atoms with Crippen molar-refractivity contribution in [1.82, 2.24) is 4.98 Å². The zero-order valence-corrected chi connectivity index (χ0v) is 19.1. The SMILES string of the molecule is Cc1nc2sc(C(=O)Nc3cccc(Cl)c3C)c(N)c2cc1C(=O)/C=C/c1ccccc1. The predicted molar refractivity (Wildman–Crippen MR) is 133 cm³/mol. The van der Waals surface area contributed by atoms with Gasteiger partial charge in [0.1, 0.15) is 9.71 Å². The highest BCUT2D eigenvalue weighted by atomic mass is 35.5. The zero-order chi connectivity index (χ0) is 22.8. The van der Waals surface area contributed by atoms with Gasteiger partial charge in [0.15, 0.2) is 5.78 Å². The molecular formula is C25H20ClN3O2S. The number of fused-ring (bicyclic) bond motifs is 1. The monoisotopic (exact) mass is 461 g/mol. The molecule has 0 aliphatic heterocycles. The van der Waals surface area contributed by atoms with Crippen molar-refractivity contribution >= 4 is 62.3 Å². The van der Waals surface area contributed by atoms with Gasteiger partial charge in [0, 0.05) is 21.7 Å². The highest BCUT2D eigenvalue weighted by molar-refractivity contribution is 7.21. The number of nitrogens with two attached hydrogens (primary N) is 1. The first-order valence-corrected chi connectivity index (χ1v) is 11.1. The second-order valence-corrected chi connectivity index (χ2v) is 8.70. The number of hydrogen-bond donors (Lipinski definition) is 2. The largest absolute Gasteiger partial charge is 0.397 e. The minimum atomic E-state index is -0.342.